The van der Waals surface area contributed by atoms with Crippen molar-refractivity contribution in [1.82, 2.24) is 15.0 Å². The van der Waals surface area contributed by atoms with Crippen molar-refractivity contribution in [3.63, 3.8) is 0 Å². The summed E-state index contributed by atoms with van der Waals surface area (Å²) in [6, 6.07) is 0.464. The van der Waals surface area contributed by atoms with Crippen molar-refractivity contribution >= 4 is 5.95 Å². The Morgan fingerprint density at radius 1 is 1.25 bits per heavy atom. The maximum absolute atomic E-state index is 5.20. The molecule has 0 aromatic carbocycles. The van der Waals surface area contributed by atoms with Gasteiger partial charge in [0.05, 0.1) is 14.2 Å². The van der Waals surface area contributed by atoms with Crippen molar-refractivity contribution in [2.45, 2.75) is 19.4 Å². The molecule has 0 aliphatic rings. The summed E-state index contributed by atoms with van der Waals surface area (Å²) in [4.78, 5) is 11.9. The average molecular weight is 222 g/mol. The molecule has 0 aliphatic heterocycles. The van der Waals surface area contributed by atoms with Gasteiger partial charge in [0.25, 0.3) is 0 Å². The molecule has 86 valence electrons. The predicted octanol–water partition coefficient (Wildman–Crippen LogP) is 0.712. The van der Waals surface area contributed by atoms with Crippen LogP contribution in [0, 0.1) is 12.3 Å². The molecular weight excluding hydrogens is 208 g/mol. The van der Waals surface area contributed by atoms with Crippen molar-refractivity contribution in [2.75, 3.05) is 19.5 Å². The van der Waals surface area contributed by atoms with E-state index in [0.717, 1.165) is 0 Å². The summed E-state index contributed by atoms with van der Waals surface area (Å²) < 4.78 is 9.83. The number of nitrogens with zero attached hydrogens (tertiary/aromatic N) is 3. The molecule has 0 aliphatic carbocycles. The maximum Gasteiger partial charge on any atom is 0.324 e. The van der Waals surface area contributed by atoms with Crippen LogP contribution in [0.2, 0.25) is 0 Å². The summed E-state index contributed by atoms with van der Waals surface area (Å²) in [6.07, 6.45) is 5.78. The summed E-state index contributed by atoms with van der Waals surface area (Å²) in [5.41, 5.74) is 0. The minimum absolute atomic E-state index is 0.0711. The lowest BCUT2D eigenvalue weighted by Crippen LogP contribution is -2.17. The number of anilines is 1. The van der Waals surface area contributed by atoms with Gasteiger partial charge in [0.15, 0.2) is 0 Å². The predicted molar refractivity (Wildman–Crippen MR) is 59.5 cm³/mol. The second kappa shape index (κ2) is 5.75. The fourth-order valence-corrected chi connectivity index (χ4v) is 1.03. The molecule has 1 aromatic heterocycles. The molecule has 0 fully saturated rings. The molecule has 0 radical (unpaired) electrons. The van der Waals surface area contributed by atoms with Crippen molar-refractivity contribution in [3.8, 4) is 24.4 Å². The Labute approximate surface area is 94.4 Å². The van der Waals surface area contributed by atoms with E-state index < -0.39 is 0 Å². The summed E-state index contributed by atoms with van der Waals surface area (Å²) in [6.45, 7) is 1.93. The molecular formula is C10H14N4O2. The molecule has 0 bridgehead atoms. The molecule has 0 amide bonds. The van der Waals surface area contributed by atoms with Gasteiger partial charge < -0.3 is 14.8 Å². The Hall–Kier alpha value is -2.03. The van der Waals surface area contributed by atoms with E-state index in [4.69, 9.17) is 15.9 Å². The first kappa shape index (κ1) is 12.0. The minimum atomic E-state index is 0.0711. The highest BCUT2D eigenvalue weighted by Gasteiger charge is 2.08. The monoisotopic (exact) mass is 222 g/mol. The van der Waals surface area contributed by atoms with E-state index in [1.165, 1.54) is 14.2 Å². The lowest BCUT2D eigenvalue weighted by molar-refractivity contribution is 0.341. The van der Waals surface area contributed by atoms with Gasteiger partial charge >= 0.3 is 12.0 Å². The van der Waals surface area contributed by atoms with E-state index in [9.17, 15) is 0 Å². The number of nitrogens with one attached hydrogen (secondary N) is 1. The van der Waals surface area contributed by atoms with Crippen LogP contribution in [0.15, 0.2) is 0 Å². The first-order chi connectivity index (χ1) is 7.69. The van der Waals surface area contributed by atoms with Crippen LogP contribution < -0.4 is 14.8 Å². The second-order valence-electron chi connectivity index (χ2n) is 3.09. The standard InChI is InChI=1S/C10H14N4O2/c1-5-6-7(2)11-8-12-9(15-3)14-10(13-8)16-4/h1,7H,6H2,2-4H3,(H,11,12,13,14). The Bertz CT molecular complexity index is 367. The van der Waals surface area contributed by atoms with Crippen LogP contribution in [0.3, 0.4) is 0 Å². The highest BCUT2D eigenvalue weighted by molar-refractivity contribution is 5.29. The zero-order chi connectivity index (χ0) is 12.0. The van der Waals surface area contributed by atoms with Crippen LogP contribution in [-0.2, 0) is 0 Å². The highest BCUT2D eigenvalue weighted by atomic mass is 16.5. The summed E-state index contributed by atoms with van der Waals surface area (Å²) in [7, 11) is 2.95. The van der Waals surface area contributed by atoms with E-state index in [2.05, 4.69) is 26.2 Å². The van der Waals surface area contributed by atoms with Gasteiger partial charge in [-0.05, 0) is 6.92 Å². The number of aromatic nitrogens is 3. The molecule has 1 heterocycles. The van der Waals surface area contributed by atoms with Crippen molar-refractivity contribution in [2.24, 2.45) is 0 Å². The van der Waals surface area contributed by atoms with Crippen molar-refractivity contribution in [3.05, 3.63) is 0 Å². The van der Waals surface area contributed by atoms with E-state index in [0.29, 0.717) is 12.4 Å². The van der Waals surface area contributed by atoms with Crippen LogP contribution in [0.25, 0.3) is 0 Å². The fraction of sp³-hybridized carbons (Fsp3) is 0.500. The summed E-state index contributed by atoms with van der Waals surface area (Å²) >= 11 is 0. The molecule has 1 rings (SSSR count). The van der Waals surface area contributed by atoms with E-state index in [1.807, 2.05) is 6.92 Å². The third-order valence-corrected chi connectivity index (χ3v) is 1.76. The number of rotatable bonds is 5. The zero-order valence-electron chi connectivity index (χ0n) is 9.52. The van der Waals surface area contributed by atoms with Crippen LogP contribution in [0.5, 0.6) is 12.0 Å². The molecule has 1 atom stereocenters. The molecule has 6 nitrogen and oxygen atoms in total. The van der Waals surface area contributed by atoms with Gasteiger partial charge in [-0.1, -0.05) is 0 Å². The first-order valence-corrected chi connectivity index (χ1v) is 4.73. The number of terminal acetylenes is 1. The Balaban J connectivity index is 2.83. The molecule has 1 N–H and O–H groups in total. The third-order valence-electron chi connectivity index (χ3n) is 1.76. The van der Waals surface area contributed by atoms with Gasteiger partial charge in [-0.15, -0.1) is 17.3 Å². The Morgan fingerprint density at radius 2 is 1.81 bits per heavy atom. The Kier molecular flexibility index (Phi) is 4.33. The third kappa shape index (κ3) is 3.28. The summed E-state index contributed by atoms with van der Waals surface area (Å²) in [5.74, 6) is 2.93. The van der Waals surface area contributed by atoms with Crippen LogP contribution in [0.1, 0.15) is 13.3 Å². The van der Waals surface area contributed by atoms with E-state index >= 15 is 0 Å². The maximum atomic E-state index is 5.20. The second-order valence-corrected chi connectivity index (χ2v) is 3.09. The van der Waals surface area contributed by atoms with Gasteiger partial charge in [0, 0.05) is 12.5 Å². The van der Waals surface area contributed by atoms with Crippen molar-refractivity contribution in [1.29, 1.82) is 0 Å². The van der Waals surface area contributed by atoms with Gasteiger partial charge in [0.1, 0.15) is 0 Å². The largest absolute Gasteiger partial charge is 0.467 e. The fourth-order valence-electron chi connectivity index (χ4n) is 1.03. The molecule has 16 heavy (non-hydrogen) atoms. The lowest BCUT2D eigenvalue weighted by Gasteiger charge is -2.11. The van der Waals surface area contributed by atoms with Crippen LogP contribution >= 0.6 is 0 Å². The molecule has 0 spiro atoms. The first-order valence-electron chi connectivity index (χ1n) is 4.73. The van der Waals surface area contributed by atoms with Gasteiger partial charge in [-0.25, -0.2) is 0 Å². The normalized spacial score (nSPS) is 11.4. The van der Waals surface area contributed by atoms with Crippen LogP contribution in [0.4, 0.5) is 5.95 Å². The molecule has 1 unspecified atom stereocenters. The van der Waals surface area contributed by atoms with Gasteiger partial charge in [-0.2, -0.15) is 9.97 Å². The Morgan fingerprint density at radius 3 is 2.25 bits per heavy atom. The van der Waals surface area contributed by atoms with Gasteiger partial charge in [-0.3, -0.25) is 0 Å². The highest BCUT2D eigenvalue weighted by Crippen LogP contribution is 2.13. The zero-order valence-corrected chi connectivity index (χ0v) is 9.52. The number of ether oxygens (including phenoxy) is 2. The number of hydrogen-bond donors (Lipinski definition) is 1. The smallest absolute Gasteiger partial charge is 0.324 e. The SMILES string of the molecule is C#CCC(C)Nc1nc(OC)nc(OC)n1. The minimum Gasteiger partial charge on any atom is -0.467 e. The molecule has 0 saturated heterocycles. The lowest BCUT2D eigenvalue weighted by atomic mass is 10.2. The van der Waals surface area contributed by atoms with E-state index in [1.54, 1.807) is 0 Å². The molecule has 1 aromatic rings. The van der Waals surface area contributed by atoms with E-state index in [-0.39, 0.29) is 18.1 Å². The summed E-state index contributed by atoms with van der Waals surface area (Å²) in [5, 5.41) is 3.03. The topological polar surface area (TPSA) is 69.2 Å². The average Bonchev–Trinajstić information content (AvgIpc) is 2.28. The van der Waals surface area contributed by atoms with Crippen LogP contribution in [-0.4, -0.2) is 35.2 Å². The number of hydrogen-bond acceptors (Lipinski definition) is 6. The van der Waals surface area contributed by atoms with Crippen molar-refractivity contribution < 1.29 is 9.47 Å². The van der Waals surface area contributed by atoms with Gasteiger partial charge in [0.2, 0.25) is 5.95 Å². The molecule has 6 heteroatoms. The quantitative estimate of drug-likeness (QED) is 0.740. The number of methoxy groups -OCH3 is 2. The molecule has 0 saturated carbocycles.